The number of rotatable bonds is 3. The number of nitrogens with one attached hydrogen (secondary N) is 1. The van der Waals surface area contributed by atoms with Crippen LogP contribution < -0.4 is 5.73 Å². The minimum atomic E-state index is -0.566. The minimum absolute atomic E-state index is 0.342. The summed E-state index contributed by atoms with van der Waals surface area (Å²) in [4.78, 5) is 11.6. The molecule has 0 unspecified atom stereocenters. The van der Waals surface area contributed by atoms with E-state index >= 15 is 0 Å². The highest BCUT2D eigenvalue weighted by Crippen LogP contribution is 1.94. The molecule has 0 spiro atoms. The fourth-order valence-electron chi connectivity index (χ4n) is 0.600. The van der Waals surface area contributed by atoms with Crippen molar-refractivity contribution >= 4 is 12.4 Å². The number of carbonyl (C=O) groups is 1. The molecule has 0 rings (SSSR count). The molecule has 0 heterocycles. The van der Waals surface area contributed by atoms with Gasteiger partial charge in [0, 0.05) is 6.54 Å². The number of nitrogens with two attached hydrogens (primary N) is 1. The van der Waals surface area contributed by atoms with E-state index < -0.39 is 6.03 Å². The van der Waals surface area contributed by atoms with E-state index in [1.807, 2.05) is 13.8 Å². The Hall–Kier alpha value is -1.06. The number of hydrogen-bond acceptors (Lipinski definition) is 2. The first-order valence-electron chi connectivity index (χ1n) is 3.14. The predicted octanol–water partition coefficient (Wildman–Crippen LogP) is 0.630. The molecule has 58 valence electrons. The average molecular weight is 143 g/mol. The Balaban J connectivity index is 3.83. The normalized spacial score (nSPS) is 9.50. The van der Waals surface area contributed by atoms with Crippen molar-refractivity contribution in [3.8, 4) is 0 Å². The molecule has 3 N–H and O–H groups in total. The van der Waals surface area contributed by atoms with Gasteiger partial charge in [0.15, 0.2) is 0 Å². The van der Waals surface area contributed by atoms with Crippen molar-refractivity contribution in [3.05, 3.63) is 0 Å². The SMILES string of the molecule is CC(C)CN(C=N)C(N)=O. The summed E-state index contributed by atoms with van der Waals surface area (Å²) in [6.45, 7) is 4.43. The van der Waals surface area contributed by atoms with Crippen LogP contribution >= 0.6 is 0 Å². The number of carbonyl (C=O) groups excluding carboxylic acids is 1. The second-order valence-electron chi connectivity index (χ2n) is 2.51. The summed E-state index contributed by atoms with van der Waals surface area (Å²) < 4.78 is 0. The maximum atomic E-state index is 10.5. The van der Waals surface area contributed by atoms with Crippen LogP contribution in [0.4, 0.5) is 4.79 Å². The molecule has 0 fully saturated rings. The van der Waals surface area contributed by atoms with E-state index in [1.54, 1.807) is 0 Å². The van der Waals surface area contributed by atoms with Gasteiger partial charge in [0.2, 0.25) is 0 Å². The van der Waals surface area contributed by atoms with Crippen molar-refractivity contribution in [2.24, 2.45) is 11.7 Å². The Bertz CT molecular complexity index is 133. The molecule has 4 nitrogen and oxygen atoms in total. The molecule has 0 aromatic heterocycles. The van der Waals surface area contributed by atoms with E-state index in [0.717, 1.165) is 6.34 Å². The van der Waals surface area contributed by atoms with Gasteiger partial charge in [-0.05, 0) is 5.92 Å². The van der Waals surface area contributed by atoms with E-state index in [9.17, 15) is 4.79 Å². The molecule has 0 aromatic rings. The zero-order chi connectivity index (χ0) is 8.15. The highest BCUT2D eigenvalue weighted by molar-refractivity contribution is 5.83. The van der Waals surface area contributed by atoms with Crippen LogP contribution in [0.5, 0.6) is 0 Å². The molecule has 0 aliphatic heterocycles. The standard InChI is InChI=1S/C6H13N3O/c1-5(2)3-9(4-7)6(8)10/h4-5,7H,3H2,1-2H3,(H2,8,10). The first-order valence-corrected chi connectivity index (χ1v) is 3.14. The van der Waals surface area contributed by atoms with Crippen molar-refractivity contribution in [1.82, 2.24) is 4.90 Å². The molecule has 0 bridgehead atoms. The van der Waals surface area contributed by atoms with Crippen molar-refractivity contribution in [1.29, 1.82) is 5.41 Å². The van der Waals surface area contributed by atoms with E-state index in [-0.39, 0.29) is 0 Å². The minimum Gasteiger partial charge on any atom is -0.351 e. The van der Waals surface area contributed by atoms with Crippen LogP contribution in [0.3, 0.4) is 0 Å². The summed E-state index contributed by atoms with van der Waals surface area (Å²) in [5.74, 6) is 0.342. The summed E-state index contributed by atoms with van der Waals surface area (Å²) in [6, 6.07) is -0.566. The second kappa shape index (κ2) is 3.87. The smallest absolute Gasteiger partial charge is 0.319 e. The first kappa shape index (κ1) is 8.94. The van der Waals surface area contributed by atoms with Gasteiger partial charge in [0.1, 0.15) is 0 Å². The third kappa shape index (κ3) is 3.06. The fraction of sp³-hybridized carbons (Fsp3) is 0.667. The Kier molecular flexibility index (Phi) is 3.46. The molecule has 0 atom stereocenters. The highest BCUT2D eigenvalue weighted by Gasteiger charge is 2.06. The molecule has 2 amide bonds. The zero-order valence-corrected chi connectivity index (χ0v) is 6.29. The lowest BCUT2D eigenvalue weighted by atomic mass is 10.2. The van der Waals surface area contributed by atoms with Crippen LogP contribution in [-0.4, -0.2) is 23.8 Å². The van der Waals surface area contributed by atoms with Gasteiger partial charge in [-0.25, -0.2) is 4.79 Å². The number of primary amides is 1. The molecular formula is C6H13N3O. The second-order valence-corrected chi connectivity index (χ2v) is 2.51. The van der Waals surface area contributed by atoms with Gasteiger partial charge in [-0.3, -0.25) is 10.3 Å². The lowest BCUT2D eigenvalue weighted by molar-refractivity contribution is 0.227. The number of hydrogen-bond donors (Lipinski definition) is 2. The molecule has 0 aromatic carbocycles. The summed E-state index contributed by atoms with van der Waals surface area (Å²) in [5, 5.41) is 6.78. The van der Waals surface area contributed by atoms with Gasteiger partial charge in [-0.2, -0.15) is 0 Å². The lowest BCUT2D eigenvalue weighted by Crippen LogP contribution is -2.36. The van der Waals surface area contributed by atoms with Gasteiger partial charge < -0.3 is 5.73 Å². The van der Waals surface area contributed by atoms with E-state index in [2.05, 4.69) is 0 Å². The number of nitrogens with zero attached hydrogens (tertiary/aromatic N) is 1. The van der Waals surface area contributed by atoms with Crippen LogP contribution in [0.15, 0.2) is 0 Å². The largest absolute Gasteiger partial charge is 0.351 e. The quantitative estimate of drug-likeness (QED) is 0.441. The van der Waals surface area contributed by atoms with E-state index in [4.69, 9.17) is 11.1 Å². The van der Waals surface area contributed by atoms with Gasteiger partial charge in [-0.15, -0.1) is 0 Å². The lowest BCUT2D eigenvalue weighted by Gasteiger charge is -2.15. The molecule has 10 heavy (non-hydrogen) atoms. The van der Waals surface area contributed by atoms with Crippen LogP contribution in [0.1, 0.15) is 13.8 Å². The molecule has 0 saturated carbocycles. The maximum Gasteiger partial charge on any atom is 0.319 e. The topological polar surface area (TPSA) is 70.2 Å². The first-order chi connectivity index (χ1) is 4.57. The van der Waals surface area contributed by atoms with Gasteiger partial charge in [-0.1, -0.05) is 13.8 Å². The molecule has 4 heteroatoms. The maximum absolute atomic E-state index is 10.5. The summed E-state index contributed by atoms with van der Waals surface area (Å²) in [7, 11) is 0. The van der Waals surface area contributed by atoms with Gasteiger partial charge in [0.25, 0.3) is 0 Å². The Labute approximate surface area is 60.5 Å². The summed E-state index contributed by atoms with van der Waals surface area (Å²) >= 11 is 0. The van der Waals surface area contributed by atoms with Gasteiger partial charge in [0.05, 0.1) is 6.34 Å². The van der Waals surface area contributed by atoms with Crippen molar-refractivity contribution in [2.75, 3.05) is 6.54 Å². The van der Waals surface area contributed by atoms with E-state index in [0.29, 0.717) is 12.5 Å². The van der Waals surface area contributed by atoms with Crippen LogP contribution in [-0.2, 0) is 0 Å². The molecule has 0 aliphatic rings. The Morgan fingerprint density at radius 1 is 1.80 bits per heavy atom. The van der Waals surface area contributed by atoms with Crippen LogP contribution in [0, 0.1) is 11.3 Å². The zero-order valence-electron chi connectivity index (χ0n) is 6.29. The fourth-order valence-corrected chi connectivity index (χ4v) is 0.600. The molecule has 0 aliphatic carbocycles. The van der Waals surface area contributed by atoms with E-state index in [1.165, 1.54) is 4.90 Å². The highest BCUT2D eigenvalue weighted by atomic mass is 16.2. The third-order valence-electron chi connectivity index (χ3n) is 1.00. The Morgan fingerprint density at radius 2 is 2.30 bits per heavy atom. The molecular weight excluding hydrogens is 130 g/mol. The Morgan fingerprint density at radius 3 is 2.40 bits per heavy atom. The average Bonchev–Trinajstić information content (AvgIpc) is 1.81. The molecule has 0 radical (unpaired) electrons. The van der Waals surface area contributed by atoms with Crippen molar-refractivity contribution < 1.29 is 4.79 Å². The van der Waals surface area contributed by atoms with Crippen molar-refractivity contribution in [2.45, 2.75) is 13.8 Å². The number of amides is 2. The summed E-state index contributed by atoms with van der Waals surface area (Å²) in [6.07, 6.45) is 0.947. The molecule has 0 saturated heterocycles. The predicted molar refractivity (Wildman–Crippen MR) is 39.9 cm³/mol. The summed E-state index contributed by atoms with van der Waals surface area (Å²) in [5.41, 5.74) is 4.93. The van der Waals surface area contributed by atoms with Crippen LogP contribution in [0.25, 0.3) is 0 Å². The monoisotopic (exact) mass is 143 g/mol. The van der Waals surface area contributed by atoms with Crippen LogP contribution in [0.2, 0.25) is 0 Å². The third-order valence-corrected chi connectivity index (χ3v) is 1.00. The van der Waals surface area contributed by atoms with Gasteiger partial charge >= 0.3 is 6.03 Å². The number of urea groups is 1. The van der Waals surface area contributed by atoms with Crippen molar-refractivity contribution in [3.63, 3.8) is 0 Å².